The van der Waals surface area contributed by atoms with E-state index in [1.54, 1.807) is 11.0 Å². The summed E-state index contributed by atoms with van der Waals surface area (Å²) in [5.74, 6) is 0.880. The normalized spacial score (nSPS) is 25.7. The van der Waals surface area contributed by atoms with E-state index in [2.05, 4.69) is 4.98 Å². The summed E-state index contributed by atoms with van der Waals surface area (Å²) >= 11 is 7.51. The van der Waals surface area contributed by atoms with Gasteiger partial charge in [0.2, 0.25) is 0 Å². The average Bonchev–Trinajstić information content (AvgIpc) is 3.44. The van der Waals surface area contributed by atoms with E-state index in [-0.39, 0.29) is 29.5 Å². The monoisotopic (exact) mass is 454 g/mol. The van der Waals surface area contributed by atoms with Crippen LogP contribution in [0.15, 0.2) is 46.1 Å². The van der Waals surface area contributed by atoms with Gasteiger partial charge < -0.3 is 9.15 Å². The van der Waals surface area contributed by atoms with Crippen molar-refractivity contribution in [1.29, 1.82) is 0 Å². The lowest BCUT2D eigenvalue weighted by molar-refractivity contribution is -0.131. The van der Waals surface area contributed by atoms with Crippen LogP contribution >= 0.6 is 22.9 Å². The molecule has 158 valence electrons. The molecule has 3 unspecified atom stereocenters. The molecular formula is C23H19ClN2O4S. The Balaban J connectivity index is 1.51. The highest BCUT2D eigenvalue weighted by atomic mass is 35.5. The van der Waals surface area contributed by atoms with Gasteiger partial charge in [0, 0.05) is 5.02 Å². The number of thiazole rings is 1. The SMILES string of the molecule is Cc1ccc(C2C3=C(OC4CCCCC4C3=O)C(=O)N2c2nc3ccc(Cl)cc3s2)o1. The number of ketones is 1. The molecule has 1 amide bonds. The Hall–Kier alpha value is -2.64. The fourth-order valence-electron chi connectivity index (χ4n) is 4.90. The zero-order valence-electron chi connectivity index (χ0n) is 16.8. The number of carbonyl (C=O) groups excluding carboxylic acids is 2. The Morgan fingerprint density at radius 3 is 2.81 bits per heavy atom. The van der Waals surface area contributed by atoms with Crippen molar-refractivity contribution in [3.8, 4) is 0 Å². The van der Waals surface area contributed by atoms with Gasteiger partial charge in [-0.25, -0.2) is 4.98 Å². The topological polar surface area (TPSA) is 72.6 Å². The predicted molar refractivity (Wildman–Crippen MR) is 117 cm³/mol. The Labute approximate surface area is 187 Å². The van der Waals surface area contributed by atoms with Gasteiger partial charge in [0.05, 0.1) is 21.7 Å². The summed E-state index contributed by atoms with van der Waals surface area (Å²) in [6.07, 6.45) is 3.37. The maximum absolute atomic E-state index is 13.6. The number of ether oxygens (including phenoxy) is 1. The first kappa shape index (κ1) is 19.1. The molecule has 3 atom stereocenters. The smallest absolute Gasteiger partial charge is 0.296 e. The largest absolute Gasteiger partial charge is 0.483 e. The number of amides is 1. The number of nitrogens with zero attached hydrogens (tertiary/aromatic N) is 2. The highest BCUT2D eigenvalue weighted by molar-refractivity contribution is 7.22. The van der Waals surface area contributed by atoms with Crippen molar-refractivity contribution in [3.63, 3.8) is 0 Å². The minimum Gasteiger partial charge on any atom is -0.483 e. The van der Waals surface area contributed by atoms with Gasteiger partial charge in [0.1, 0.15) is 23.7 Å². The van der Waals surface area contributed by atoms with E-state index in [0.29, 0.717) is 27.2 Å². The molecule has 0 radical (unpaired) electrons. The summed E-state index contributed by atoms with van der Waals surface area (Å²) in [7, 11) is 0. The number of hydrogen-bond donors (Lipinski definition) is 0. The van der Waals surface area contributed by atoms with Crippen molar-refractivity contribution in [2.75, 3.05) is 4.90 Å². The number of fused-ring (bicyclic) bond motifs is 2. The molecule has 0 saturated heterocycles. The second kappa shape index (κ2) is 6.93. The second-order valence-electron chi connectivity index (χ2n) is 8.29. The van der Waals surface area contributed by atoms with E-state index >= 15 is 0 Å². The number of benzene rings is 1. The molecule has 6 rings (SSSR count). The summed E-state index contributed by atoms with van der Waals surface area (Å²) in [5, 5.41) is 1.10. The number of anilines is 1. The van der Waals surface area contributed by atoms with Gasteiger partial charge in [0.25, 0.3) is 5.91 Å². The Bertz CT molecular complexity index is 1280. The van der Waals surface area contributed by atoms with Crippen molar-refractivity contribution in [2.45, 2.75) is 44.8 Å². The van der Waals surface area contributed by atoms with Gasteiger partial charge in [-0.2, -0.15) is 0 Å². The average molecular weight is 455 g/mol. The first-order valence-electron chi connectivity index (χ1n) is 10.4. The van der Waals surface area contributed by atoms with Crippen LogP contribution in [0.5, 0.6) is 0 Å². The molecule has 3 aliphatic rings. The molecule has 1 aliphatic carbocycles. The highest BCUT2D eigenvalue weighted by Gasteiger charge is 2.54. The lowest BCUT2D eigenvalue weighted by Crippen LogP contribution is -2.39. The van der Waals surface area contributed by atoms with E-state index in [4.69, 9.17) is 20.8 Å². The Kier molecular flexibility index (Phi) is 4.27. The van der Waals surface area contributed by atoms with Gasteiger partial charge in [-0.1, -0.05) is 29.4 Å². The molecule has 1 saturated carbocycles. The van der Waals surface area contributed by atoms with Crippen LogP contribution in [-0.2, 0) is 14.3 Å². The maximum Gasteiger partial charge on any atom is 0.296 e. The number of carbonyl (C=O) groups is 2. The van der Waals surface area contributed by atoms with Gasteiger partial charge >= 0.3 is 0 Å². The molecule has 6 nitrogen and oxygen atoms in total. The van der Waals surface area contributed by atoms with E-state index in [0.717, 1.165) is 35.9 Å². The summed E-state index contributed by atoms with van der Waals surface area (Å²) < 4.78 is 13.0. The van der Waals surface area contributed by atoms with Gasteiger partial charge in [-0.15, -0.1) is 0 Å². The van der Waals surface area contributed by atoms with Crippen LogP contribution in [0.2, 0.25) is 5.02 Å². The molecule has 3 aromatic rings. The fourth-order valence-corrected chi connectivity index (χ4v) is 6.17. The third-order valence-electron chi connectivity index (χ3n) is 6.34. The van der Waals surface area contributed by atoms with Crippen LogP contribution in [0.4, 0.5) is 5.13 Å². The van der Waals surface area contributed by atoms with E-state index < -0.39 is 6.04 Å². The quantitative estimate of drug-likeness (QED) is 0.521. The second-order valence-corrected chi connectivity index (χ2v) is 9.73. The number of hydrogen-bond acceptors (Lipinski definition) is 6. The molecule has 0 bridgehead atoms. The van der Waals surface area contributed by atoms with Crippen LogP contribution in [0.25, 0.3) is 10.2 Å². The number of furan rings is 1. The molecular weight excluding hydrogens is 436 g/mol. The molecule has 2 aliphatic heterocycles. The Morgan fingerprint density at radius 2 is 2.00 bits per heavy atom. The predicted octanol–water partition coefficient (Wildman–Crippen LogP) is 5.35. The van der Waals surface area contributed by atoms with Gasteiger partial charge in [-0.05, 0) is 56.5 Å². The van der Waals surface area contributed by atoms with Crippen LogP contribution in [0.1, 0.15) is 43.2 Å². The first-order valence-corrected chi connectivity index (χ1v) is 11.6. The molecule has 4 heterocycles. The standard InChI is InChI=1S/C23H19ClN2O4S/c1-11-6-9-16(29-11)19-18-20(27)13-4-2-3-5-15(13)30-21(18)22(28)26(19)23-25-14-8-7-12(24)10-17(14)31-23/h6-10,13,15,19H,2-5H2,1H3. The number of rotatable bonds is 2. The lowest BCUT2D eigenvalue weighted by atomic mass is 9.78. The molecule has 1 aromatic carbocycles. The van der Waals surface area contributed by atoms with Crippen LogP contribution in [0.3, 0.4) is 0 Å². The molecule has 1 fully saturated rings. The fraction of sp³-hybridized carbons (Fsp3) is 0.348. The number of aryl methyl sites for hydroxylation is 1. The van der Waals surface area contributed by atoms with Crippen molar-refractivity contribution in [3.05, 3.63) is 58.2 Å². The third kappa shape index (κ3) is 2.87. The maximum atomic E-state index is 13.6. The van der Waals surface area contributed by atoms with Crippen molar-refractivity contribution in [2.24, 2.45) is 5.92 Å². The van der Waals surface area contributed by atoms with Gasteiger partial charge in [0.15, 0.2) is 16.7 Å². The summed E-state index contributed by atoms with van der Waals surface area (Å²) in [5.41, 5.74) is 1.15. The zero-order valence-corrected chi connectivity index (χ0v) is 18.3. The third-order valence-corrected chi connectivity index (χ3v) is 7.59. The zero-order chi connectivity index (χ0) is 21.3. The summed E-state index contributed by atoms with van der Waals surface area (Å²) in [6, 6.07) is 8.41. The van der Waals surface area contributed by atoms with E-state index in [9.17, 15) is 9.59 Å². The van der Waals surface area contributed by atoms with E-state index in [1.807, 2.05) is 31.2 Å². The van der Waals surface area contributed by atoms with Crippen molar-refractivity contribution >= 4 is 50.0 Å². The number of aromatic nitrogens is 1. The minimum atomic E-state index is -0.678. The highest BCUT2D eigenvalue weighted by Crippen LogP contribution is 2.49. The lowest BCUT2D eigenvalue weighted by Gasteiger charge is -2.35. The van der Waals surface area contributed by atoms with Crippen LogP contribution < -0.4 is 4.90 Å². The van der Waals surface area contributed by atoms with Crippen LogP contribution in [-0.4, -0.2) is 22.8 Å². The summed E-state index contributed by atoms with van der Waals surface area (Å²) in [4.78, 5) is 33.4. The minimum absolute atomic E-state index is 0.00464. The molecule has 2 aromatic heterocycles. The van der Waals surface area contributed by atoms with Crippen LogP contribution in [0, 0.1) is 12.8 Å². The molecule has 31 heavy (non-hydrogen) atoms. The Morgan fingerprint density at radius 1 is 1.16 bits per heavy atom. The number of halogens is 1. The van der Waals surface area contributed by atoms with Crippen molar-refractivity contribution < 1.29 is 18.7 Å². The molecule has 0 spiro atoms. The summed E-state index contributed by atoms with van der Waals surface area (Å²) in [6.45, 7) is 1.84. The molecule has 8 heteroatoms. The van der Waals surface area contributed by atoms with Crippen molar-refractivity contribution in [1.82, 2.24) is 4.98 Å². The molecule has 0 N–H and O–H groups in total. The first-order chi connectivity index (χ1) is 15.0. The van der Waals surface area contributed by atoms with Gasteiger partial charge in [-0.3, -0.25) is 14.5 Å². The number of Topliss-reactive ketones (excluding diaryl/α,β-unsaturated/α-hetero) is 1. The van der Waals surface area contributed by atoms with E-state index in [1.165, 1.54) is 11.3 Å².